The van der Waals surface area contributed by atoms with Crippen LogP contribution in [0.1, 0.15) is 21.9 Å². The number of carbonyl (C=O) groups excluding carboxylic acids is 1. The number of aliphatic hydroxyl groups is 1. The third kappa shape index (κ3) is 3.58. The van der Waals surface area contributed by atoms with E-state index in [0.717, 1.165) is 17.1 Å². The molecule has 1 N–H and O–H groups in total. The van der Waals surface area contributed by atoms with Crippen LogP contribution in [0.3, 0.4) is 0 Å². The first-order chi connectivity index (χ1) is 11.7. The van der Waals surface area contributed by atoms with E-state index in [4.69, 9.17) is 8.83 Å². The van der Waals surface area contributed by atoms with Gasteiger partial charge in [0.15, 0.2) is 0 Å². The number of hydrogen-bond acceptors (Lipinski definition) is 4. The first-order valence-electron chi connectivity index (χ1n) is 7.77. The van der Waals surface area contributed by atoms with Crippen LogP contribution >= 0.6 is 0 Å². The molecule has 0 atom stereocenters. The van der Waals surface area contributed by atoms with E-state index < -0.39 is 0 Å². The van der Waals surface area contributed by atoms with Crippen LogP contribution in [0.5, 0.6) is 0 Å². The van der Waals surface area contributed by atoms with E-state index >= 15 is 0 Å². The predicted molar refractivity (Wildman–Crippen MR) is 89.4 cm³/mol. The van der Waals surface area contributed by atoms with Gasteiger partial charge in [0, 0.05) is 17.7 Å². The molecule has 3 rings (SSSR count). The molecule has 0 spiro atoms. The van der Waals surface area contributed by atoms with E-state index in [1.165, 1.54) is 0 Å². The predicted octanol–water partition coefficient (Wildman–Crippen LogP) is 3.48. The summed E-state index contributed by atoms with van der Waals surface area (Å²) < 4.78 is 10.9. The Morgan fingerprint density at radius 2 is 1.92 bits per heavy atom. The molecule has 0 radical (unpaired) electrons. The molecule has 1 amide bonds. The third-order valence-electron chi connectivity index (χ3n) is 3.74. The van der Waals surface area contributed by atoms with Gasteiger partial charge in [0.1, 0.15) is 17.3 Å². The summed E-state index contributed by atoms with van der Waals surface area (Å²) in [6, 6.07) is 14.6. The molecular formula is C19H19NO4. The average molecular weight is 325 g/mol. The lowest BCUT2D eigenvalue weighted by Crippen LogP contribution is -2.32. The summed E-state index contributed by atoms with van der Waals surface area (Å²) in [7, 11) is 0. The Kier molecular flexibility index (Phi) is 4.82. The number of carbonyl (C=O) groups is 1. The monoisotopic (exact) mass is 325 g/mol. The van der Waals surface area contributed by atoms with Crippen LogP contribution in [0.25, 0.3) is 11.3 Å². The first-order valence-corrected chi connectivity index (χ1v) is 7.77. The van der Waals surface area contributed by atoms with E-state index in [-0.39, 0.29) is 19.1 Å². The van der Waals surface area contributed by atoms with Gasteiger partial charge in [0.25, 0.3) is 5.91 Å². The number of nitrogens with zero attached hydrogens (tertiary/aromatic N) is 1. The maximum atomic E-state index is 12.7. The highest BCUT2D eigenvalue weighted by molar-refractivity contribution is 5.94. The SMILES string of the molecule is Cc1ccc(-c2ccc(C(=O)N(CCO)Cc3ccco3)cc2)o1. The van der Waals surface area contributed by atoms with Crippen LogP contribution in [-0.4, -0.2) is 29.1 Å². The minimum Gasteiger partial charge on any atom is -0.467 e. The number of amides is 1. The maximum Gasteiger partial charge on any atom is 0.254 e. The largest absolute Gasteiger partial charge is 0.467 e. The van der Waals surface area contributed by atoms with Crippen molar-refractivity contribution in [2.45, 2.75) is 13.5 Å². The Morgan fingerprint density at radius 1 is 1.12 bits per heavy atom. The van der Waals surface area contributed by atoms with Crippen molar-refractivity contribution in [2.75, 3.05) is 13.2 Å². The molecule has 0 saturated heterocycles. The van der Waals surface area contributed by atoms with Gasteiger partial charge in [0.05, 0.1) is 19.4 Å². The van der Waals surface area contributed by atoms with Gasteiger partial charge in [-0.2, -0.15) is 0 Å². The van der Waals surface area contributed by atoms with Crippen LogP contribution < -0.4 is 0 Å². The van der Waals surface area contributed by atoms with E-state index in [2.05, 4.69) is 0 Å². The molecule has 0 fully saturated rings. The molecule has 0 unspecified atom stereocenters. The molecule has 0 bridgehead atoms. The average Bonchev–Trinajstić information content (AvgIpc) is 3.26. The zero-order valence-electron chi connectivity index (χ0n) is 13.4. The van der Waals surface area contributed by atoms with Gasteiger partial charge in [0.2, 0.25) is 0 Å². The summed E-state index contributed by atoms with van der Waals surface area (Å²) in [6.07, 6.45) is 1.57. The Balaban J connectivity index is 1.77. The van der Waals surface area contributed by atoms with Crippen molar-refractivity contribution in [1.82, 2.24) is 4.90 Å². The van der Waals surface area contributed by atoms with Gasteiger partial charge in [-0.1, -0.05) is 12.1 Å². The number of furan rings is 2. The molecule has 24 heavy (non-hydrogen) atoms. The van der Waals surface area contributed by atoms with Crippen LogP contribution in [0.15, 0.2) is 63.6 Å². The van der Waals surface area contributed by atoms with Gasteiger partial charge >= 0.3 is 0 Å². The van der Waals surface area contributed by atoms with Crippen molar-refractivity contribution in [3.05, 3.63) is 71.9 Å². The minimum atomic E-state index is -0.150. The second kappa shape index (κ2) is 7.19. The number of hydrogen-bond donors (Lipinski definition) is 1. The van der Waals surface area contributed by atoms with E-state index in [0.29, 0.717) is 17.9 Å². The van der Waals surface area contributed by atoms with E-state index in [9.17, 15) is 9.90 Å². The van der Waals surface area contributed by atoms with Crippen molar-refractivity contribution in [3.63, 3.8) is 0 Å². The molecule has 5 heteroatoms. The normalized spacial score (nSPS) is 10.8. The van der Waals surface area contributed by atoms with Crippen LogP contribution in [0, 0.1) is 6.92 Å². The fourth-order valence-electron chi connectivity index (χ4n) is 2.51. The van der Waals surface area contributed by atoms with Crippen molar-refractivity contribution < 1.29 is 18.7 Å². The smallest absolute Gasteiger partial charge is 0.254 e. The second-order valence-corrected chi connectivity index (χ2v) is 5.52. The molecule has 0 saturated carbocycles. The molecule has 5 nitrogen and oxygen atoms in total. The lowest BCUT2D eigenvalue weighted by atomic mass is 10.1. The summed E-state index contributed by atoms with van der Waals surface area (Å²) in [5.74, 6) is 2.15. The fourth-order valence-corrected chi connectivity index (χ4v) is 2.51. The summed E-state index contributed by atoms with van der Waals surface area (Å²) >= 11 is 0. The van der Waals surface area contributed by atoms with Crippen molar-refractivity contribution in [1.29, 1.82) is 0 Å². The zero-order chi connectivity index (χ0) is 16.9. The quantitative estimate of drug-likeness (QED) is 0.753. The number of aliphatic hydroxyl groups excluding tert-OH is 1. The summed E-state index contributed by atoms with van der Waals surface area (Å²) in [6.45, 7) is 2.36. The minimum absolute atomic E-state index is 0.101. The van der Waals surface area contributed by atoms with Crippen LogP contribution in [-0.2, 0) is 6.54 Å². The number of benzene rings is 1. The number of aryl methyl sites for hydroxylation is 1. The summed E-state index contributed by atoms with van der Waals surface area (Å²) in [4.78, 5) is 14.2. The highest BCUT2D eigenvalue weighted by Crippen LogP contribution is 2.22. The van der Waals surface area contributed by atoms with Crippen LogP contribution in [0.2, 0.25) is 0 Å². The standard InChI is InChI=1S/C19H19NO4/c1-14-4-9-18(24-14)15-5-7-16(8-6-15)19(22)20(10-11-21)13-17-3-2-12-23-17/h2-9,12,21H,10-11,13H2,1H3. The fraction of sp³-hybridized carbons (Fsp3) is 0.211. The van der Waals surface area contributed by atoms with Crippen molar-refractivity contribution in [3.8, 4) is 11.3 Å². The Labute approximate surface area is 140 Å². The molecule has 0 aliphatic rings. The van der Waals surface area contributed by atoms with Gasteiger partial charge in [-0.3, -0.25) is 4.79 Å². The maximum absolute atomic E-state index is 12.7. The highest BCUT2D eigenvalue weighted by Gasteiger charge is 2.17. The van der Waals surface area contributed by atoms with Crippen LogP contribution in [0.4, 0.5) is 0 Å². The molecule has 124 valence electrons. The Hall–Kier alpha value is -2.79. The summed E-state index contributed by atoms with van der Waals surface area (Å²) in [5, 5.41) is 9.22. The second-order valence-electron chi connectivity index (χ2n) is 5.52. The first kappa shape index (κ1) is 16.1. The molecule has 1 aromatic carbocycles. The van der Waals surface area contributed by atoms with E-state index in [1.54, 1.807) is 35.4 Å². The van der Waals surface area contributed by atoms with Crippen molar-refractivity contribution in [2.24, 2.45) is 0 Å². The Bertz CT molecular complexity index is 787. The van der Waals surface area contributed by atoms with Gasteiger partial charge < -0.3 is 18.8 Å². The van der Waals surface area contributed by atoms with Gasteiger partial charge in [-0.05, 0) is 43.3 Å². The number of rotatable bonds is 6. The highest BCUT2D eigenvalue weighted by atomic mass is 16.3. The van der Waals surface area contributed by atoms with Crippen molar-refractivity contribution >= 4 is 5.91 Å². The topological polar surface area (TPSA) is 66.8 Å². The lowest BCUT2D eigenvalue weighted by molar-refractivity contribution is 0.0695. The Morgan fingerprint density at radius 3 is 2.50 bits per heavy atom. The zero-order valence-corrected chi connectivity index (χ0v) is 13.4. The molecule has 0 aliphatic carbocycles. The molecule has 0 aliphatic heterocycles. The molecule has 2 aromatic heterocycles. The lowest BCUT2D eigenvalue weighted by Gasteiger charge is -2.20. The van der Waals surface area contributed by atoms with E-state index in [1.807, 2.05) is 31.2 Å². The van der Waals surface area contributed by atoms with Gasteiger partial charge in [-0.15, -0.1) is 0 Å². The third-order valence-corrected chi connectivity index (χ3v) is 3.74. The molecular weight excluding hydrogens is 306 g/mol. The molecule has 3 aromatic rings. The summed E-state index contributed by atoms with van der Waals surface area (Å²) in [5.41, 5.74) is 1.47. The van der Waals surface area contributed by atoms with Gasteiger partial charge in [-0.25, -0.2) is 0 Å². The molecule has 2 heterocycles.